The van der Waals surface area contributed by atoms with Gasteiger partial charge in [0.05, 0.1) is 0 Å². The number of hydrogen-bond acceptors (Lipinski definition) is 2. The number of nitrogens with zero attached hydrogens (tertiary/aromatic N) is 1. The van der Waals surface area contributed by atoms with Crippen LogP contribution in [0.25, 0.3) is 0 Å². The van der Waals surface area contributed by atoms with Crippen LogP contribution in [0.4, 0.5) is 0 Å². The molecule has 0 radical (unpaired) electrons. The van der Waals surface area contributed by atoms with Crippen molar-refractivity contribution in [1.29, 1.82) is 0 Å². The smallest absolute Gasteiger partial charge is 0.225 e. The lowest BCUT2D eigenvalue weighted by atomic mass is 9.87. The quantitative estimate of drug-likeness (QED) is 0.900. The van der Waals surface area contributed by atoms with Crippen molar-refractivity contribution in [2.75, 3.05) is 20.1 Å². The van der Waals surface area contributed by atoms with Crippen LogP contribution in [0.5, 0.6) is 0 Å². The maximum Gasteiger partial charge on any atom is 0.225 e. The van der Waals surface area contributed by atoms with E-state index in [0.29, 0.717) is 5.92 Å². The number of hydrogen-bond donors (Lipinski definition) is 1. The molecular weight excluding hydrogens is 307 g/mol. The zero-order valence-corrected chi connectivity index (χ0v) is 14.4. The van der Waals surface area contributed by atoms with Crippen LogP contribution in [-0.2, 0) is 11.2 Å². The highest BCUT2D eigenvalue weighted by Crippen LogP contribution is 2.20. The average Bonchev–Trinajstić information content (AvgIpc) is 2.37. The molecule has 21 heavy (non-hydrogen) atoms. The number of likely N-dealkylation sites (N-methyl/N-ethyl adjacent to an activating group) is 1. The first-order valence-electron chi connectivity index (χ1n) is 7.21. The average molecular weight is 331 g/mol. The molecule has 2 atom stereocenters. The predicted octanol–water partition coefficient (Wildman–Crippen LogP) is 3.01. The van der Waals surface area contributed by atoms with Gasteiger partial charge in [0.1, 0.15) is 0 Å². The van der Waals surface area contributed by atoms with Crippen molar-refractivity contribution in [3.05, 3.63) is 34.9 Å². The van der Waals surface area contributed by atoms with Gasteiger partial charge >= 0.3 is 0 Å². The van der Waals surface area contributed by atoms with Gasteiger partial charge in [-0.05, 0) is 50.0 Å². The molecule has 1 heterocycles. The van der Waals surface area contributed by atoms with E-state index in [1.165, 1.54) is 5.56 Å². The molecule has 0 aliphatic carbocycles. The Morgan fingerprint density at radius 2 is 1.90 bits per heavy atom. The minimum absolute atomic E-state index is 0. The Morgan fingerprint density at radius 1 is 1.33 bits per heavy atom. The zero-order chi connectivity index (χ0) is 14.7. The highest BCUT2D eigenvalue weighted by Gasteiger charge is 2.31. The van der Waals surface area contributed by atoms with Crippen LogP contribution < -0.4 is 5.32 Å². The van der Waals surface area contributed by atoms with Crippen LogP contribution in [0.15, 0.2) is 24.3 Å². The lowest BCUT2D eigenvalue weighted by Crippen LogP contribution is -2.51. The van der Waals surface area contributed by atoms with Crippen molar-refractivity contribution in [3.63, 3.8) is 0 Å². The normalized spacial score (nSPS) is 17.3. The van der Waals surface area contributed by atoms with Gasteiger partial charge in [-0.1, -0.05) is 30.7 Å². The van der Waals surface area contributed by atoms with Gasteiger partial charge in [-0.15, -0.1) is 12.4 Å². The van der Waals surface area contributed by atoms with Gasteiger partial charge in [-0.25, -0.2) is 0 Å². The summed E-state index contributed by atoms with van der Waals surface area (Å²) >= 11 is 5.89. The largest absolute Gasteiger partial charge is 0.342 e. The van der Waals surface area contributed by atoms with Crippen molar-refractivity contribution < 1.29 is 4.79 Å². The molecule has 0 bridgehead atoms. The van der Waals surface area contributed by atoms with Crippen LogP contribution in [0, 0.1) is 11.8 Å². The molecule has 3 nitrogen and oxygen atoms in total. The van der Waals surface area contributed by atoms with E-state index in [-0.39, 0.29) is 30.3 Å². The number of nitrogens with one attached hydrogen (secondary N) is 1. The number of benzene rings is 1. The molecule has 2 unspecified atom stereocenters. The SMILES string of the molecule is CC(C(=O)N(C)C(C)Cc1ccc(Cl)cc1)C1CNC1.Cl. The molecule has 2 rings (SSSR count). The summed E-state index contributed by atoms with van der Waals surface area (Å²) in [5.41, 5.74) is 1.21. The third kappa shape index (κ3) is 4.60. The second-order valence-corrected chi connectivity index (χ2v) is 6.27. The molecule has 0 aromatic heterocycles. The first kappa shape index (κ1) is 18.3. The molecule has 1 aliphatic rings. The molecule has 1 aromatic carbocycles. The standard InChI is InChI=1S/C16H23ClN2O.ClH/c1-11(8-13-4-6-15(17)7-5-13)19(3)16(20)12(2)14-9-18-10-14;/h4-7,11-12,14,18H,8-10H2,1-3H3;1H. The Balaban J connectivity index is 0.00000220. The third-order valence-corrected chi connectivity index (χ3v) is 4.61. The topological polar surface area (TPSA) is 32.3 Å². The zero-order valence-electron chi connectivity index (χ0n) is 12.8. The van der Waals surface area contributed by atoms with E-state index in [1.54, 1.807) is 0 Å². The fourth-order valence-corrected chi connectivity index (χ4v) is 2.63. The summed E-state index contributed by atoms with van der Waals surface area (Å²) in [5, 5.41) is 3.97. The summed E-state index contributed by atoms with van der Waals surface area (Å²) in [7, 11) is 1.91. The van der Waals surface area contributed by atoms with E-state index in [0.717, 1.165) is 24.5 Å². The second-order valence-electron chi connectivity index (χ2n) is 5.84. The van der Waals surface area contributed by atoms with Gasteiger partial charge in [0.2, 0.25) is 5.91 Å². The molecule has 1 amide bonds. The molecule has 1 aliphatic heterocycles. The second kappa shape index (κ2) is 8.02. The summed E-state index contributed by atoms with van der Waals surface area (Å²) in [6, 6.07) is 8.04. The van der Waals surface area contributed by atoms with Gasteiger partial charge in [0.15, 0.2) is 0 Å². The summed E-state index contributed by atoms with van der Waals surface area (Å²) in [4.78, 5) is 14.3. The minimum Gasteiger partial charge on any atom is -0.342 e. The molecule has 5 heteroatoms. The molecule has 0 saturated carbocycles. The van der Waals surface area contributed by atoms with Gasteiger partial charge in [-0.3, -0.25) is 4.79 Å². The van der Waals surface area contributed by atoms with E-state index in [2.05, 4.69) is 12.2 Å². The van der Waals surface area contributed by atoms with Gasteiger partial charge < -0.3 is 10.2 Å². The molecule has 1 aromatic rings. The van der Waals surface area contributed by atoms with E-state index in [9.17, 15) is 4.79 Å². The fraction of sp³-hybridized carbons (Fsp3) is 0.562. The van der Waals surface area contributed by atoms with E-state index >= 15 is 0 Å². The van der Waals surface area contributed by atoms with E-state index < -0.39 is 0 Å². The Morgan fingerprint density at radius 3 is 2.38 bits per heavy atom. The molecule has 1 saturated heterocycles. The maximum atomic E-state index is 12.4. The van der Waals surface area contributed by atoms with Crippen LogP contribution in [0.2, 0.25) is 5.02 Å². The number of carbonyl (C=O) groups is 1. The molecule has 1 N–H and O–H groups in total. The fourth-order valence-electron chi connectivity index (χ4n) is 2.50. The summed E-state index contributed by atoms with van der Waals surface area (Å²) in [5.74, 6) is 0.847. The van der Waals surface area contributed by atoms with Crippen molar-refractivity contribution in [3.8, 4) is 0 Å². The van der Waals surface area contributed by atoms with Gasteiger partial charge in [-0.2, -0.15) is 0 Å². The Hall–Kier alpha value is -0.770. The first-order chi connectivity index (χ1) is 9.49. The summed E-state index contributed by atoms with van der Waals surface area (Å²) in [6.07, 6.45) is 0.856. The Bertz CT molecular complexity index is 460. The summed E-state index contributed by atoms with van der Waals surface area (Å²) in [6.45, 7) is 6.07. The Labute approximate surface area is 138 Å². The molecule has 0 spiro atoms. The van der Waals surface area contributed by atoms with E-state index in [4.69, 9.17) is 11.6 Å². The molecule has 1 fully saturated rings. The lowest BCUT2D eigenvalue weighted by Gasteiger charge is -2.35. The number of rotatable bonds is 5. The summed E-state index contributed by atoms with van der Waals surface area (Å²) < 4.78 is 0. The van der Waals surface area contributed by atoms with Crippen LogP contribution in [-0.4, -0.2) is 37.0 Å². The van der Waals surface area contributed by atoms with Crippen molar-refractivity contribution in [2.45, 2.75) is 26.3 Å². The van der Waals surface area contributed by atoms with Crippen LogP contribution >= 0.6 is 24.0 Å². The predicted molar refractivity (Wildman–Crippen MR) is 90.2 cm³/mol. The maximum absolute atomic E-state index is 12.4. The lowest BCUT2D eigenvalue weighted by molar-refractivity contribution is -0.137. The molecular formula is C16H24Cl2N2O. The van der Waals surface area contributed by atoms with Gasteiger partial charge in [0, 0.05) is 24.0 Å². The monoisotopic (exact) mass is 330 g/mol. The van der Waals surface area contributed by atoms with Gasteiger partial charge in [0.25, 0.3) is 0 Å². The van der Waals surface area contributed by atoms with Crippen molar-refractivity contribution in [1.82, 2.24) is 10.2 Å². The molecule has 118 valence electrons. The van der Waals surface area contributed by atoms with E-state index in [1.807, 2.05) is 43.1 Å². The number of carbonyl (C=O) groups excluding carboxylic acids is 1. The number of halogens is 2. The number of amides is 1. The highest BCUT2D eigenvalue weighted by atomic mass is 35.5. The van der Waals surface area contributed by atoms with Crippen molar-refractivity contribution in [2.24, 2.45) is 11.8 Å². The highest BCUT2D eigenvalue weighted by molar-refractivity contribution is 6.30. The van der Waals surface area contributed by atoms with Crippen molar-refractivity contribution >= 4 is 29.9 Å². The third-order valence-electron chi connectivity index (χ3n) is 4.36. The minimum atomic E-state index is 0. The van der Waals surface area contributed by atoms with Crippen LogP contribution in [0.3, 0.4) is 0 Å². The van der Waals surface area contributed by atoms with Crippen LogP contribution in [0.1, 0.15) is 19.4 Å². The Kier molecular flexibility index (Phi) is 6.98. The first-order valence-corrected chi connectivity index (χ1v) is 7.58.